The van der Waals surface area contributed by atoms with E-state index in [4.69, 9.17) is 10.00 Å². The van der Waals surface area contributed by atoms with Crippen molar-refractivity contribution in [3.8, 4) is 11.8 Å². The number of benzene rings is 1. The van der Waals surface area contributed by atoms with Crippen molar-refractivity contribution >= 4 is 5.91 Å². The van der Waals surface area contributed by atoms with Crippen molar-refractivity contribution in [3.05, 3.63) is 59.9 Å². The van der Waals surface area contributed by atoms with Crippen LogP contribution in [0.2, 0.25) is 0 Å². The molecule has 0 saturated heterocycles. The van der Waals surface area contributed by atoms with E-state index < -0.39 is 6.04 Å². The van der Waals surface area contributed by atoms with Gasteiger partial charge in [0.2, 0.25) is 0 Å². The third-order valence-corrected chi connectivity index (χ3v) is 3.39. The number of carbonyl (C=O) groups is 1. The quantitative estimate of drug-likeness (QED) is 0.848. The zero-order chi connectivity index (χ0) is 17.4. The SMILES string of the molecule is CC(C)C[C@H](C#N)NC(=O)c1cccc(OCc2cccnc2)c1. The molecular formula is C19H21N3O2. The highest BCUT2D eigenvalue weighted by atomic mass is 16.5. The largest absolute Gasteiger partial charge is 0.489 e. The van der Waals surface area contributed by atoms with Crippen LogP contribution in [0.5, 0.6) is 5.75 Å². The van der Waals surface area contributed by atoms with Gasteiger partial charge in [-0.15, -0.1) is 0 Å². The maximum absolute atomic E-state index is 12.3. The Balaban J connectivity index is 1.98. The van der Waals surface area contributed by atoms with E-state index in [1.807, 2.05) is 26.0 Å². The van der Waals surface area contributed by atoms with Crippen molar-refractivity contribution in [3.63, 3.8) is 0 Å². The average Bonchev–Trinajstić information content (AvgIpc) is 2.60. The molecule has 1 aromatic carbocycles. The molecule has 5 nitrogen and oxygen atoms in total. The van der Waals surface area contributed by atoms with E-state index in [9.17, 15) is 4.79 Å². The number of aromatic nitrogens is 1. The monoisotopic (exact) mass is 323 g/mol. The van der Waals surface area contributed by atoms with Gasteiger partial charge in [-0.1, -0.05) is 26.0 Å². The Morgan fingerprint density at radius 3 is 2.83 bits per heavy atom. The van der Waals surface area contributed by atoms with E-state index in [1.54, 1.807) is 36.7 Å². The molecule has 0 spiro atoms. The Bertz CT molecular complexity index is 708. The van der Waals surface area contributed by atoms with Crippen LogP contribution in [0.4, 0.5) is 0 Å². The summed E-state index contributed by atoms with van der Waals surface area (Å²) in [7, 11) is 0. The van der Waals surface area contributed by atoms with Crippen LogP contribution in [0, 0.1) is 17.2 Å². The summed E-state index contributed by atoms with van der Waals surface area (Å²) in [5, 5.41) is 11.9. The van der Waals surface area contributed by atoms with Gasteiger partial charge in [0.15, 0.2) is 0 Å². The fourth-order valence-corrected chi connectivity index (χ4v) is 2.23. The molecule has 2 rings (SSSR count). The summed E-state index contributed by atoms with van der Waals surface area (Å²) in [4.78, 5) is 16.3. The zero-order valence-corrected chi connectivity index (χ0v) is 13.9. The first-order valence-electron chi connectivity index (χ1n) is 7.90. The van der Waals surface area contributed by atoms with E-state index in [0.717, 1.165) is 5.56 Å². The molecule has 0 radical (unpaired) electrons. The molecule has 1 amide bonds. The summed E-state index contributed by atoms with van der Waals surface area (Å²) in [6, 6.07) is 12.3. The van der Waals surface area contributed by atoms with Gasteiger partial charge in [0.1, 0.15) is 18.4 Å². The fraction of sp³-hybridized carbons (Fsp3) is 0.316. The molecule has 0 aliphatic carbocycles. The highest BCUT2D eigenvalue weighted by Crippen LogP contribution is 2.15. The fourth-order valence-electron chi connectivity index (χ4n) is 2.23. The average molecular weight is 323 g/mol. The summed E-state index contributed by atoms with van der Waals surface area (Å²) < 4.78 is 5.69. The van der Waals surface area contributed by atoms with Gasteiger partial charge in [-0.2, -0.15) is 5.26 Å². The molecule has 0 saturated carbocycles. The second kappa shape index (κ2) is 8.68. The van der Waals surface area contributed by atoms with Gasteiger partial charge < -0.3 is 10.1 Å². The Morgan fingerprint density at radius 1 is 1.33 bits per heavy atom. The van der Waals surface area contributed by atoms with Crippen LogP contribution in [0.15, 0.2) is 48.8 Å². The summed E-state index contributed by atoms with van der Waals surface area (Å²) in [5.74, 6) is 0.669. The van der Waals surface area contributed by atoms with Crippen LogP contribution in [0.25, 0.3) is 0 Å². The molecule has 1 aromatic heterocycles. The Hall–Kier alpha value is -2.87. The lowest BCUT2D eigenvalue weighted by Gasteiger charge is -2.14. The van der Waals surface area contributed by atoms with E-state index in [2.05, 4.69) is 16.4 Å². The smallest absolute Gasteiger partial charge is 0.252 e. The standard InChI is InChI=1S/C19H21N3O2/c1-14(2)9-17(11-20)22-19(23)16-6-3-7-18(10-16)24-13-15-5-4-8-21-12-15/h3-8,10,12,14,17H,9,13H2,1-2H3,(H,22,23)/t17-/m1/s1. The number of pyridine rings is 1. The highest BCUT2D eigenvalue weighted by molar-refractivity contribution is 5.94. The number of nitrogens with zero attached hydrogens (tertiary/aromatic N) is 2. The maximum atomic E-state index is 12.3. The molecular weight excluding hydrogens is 302 g/mol. The topological polar surface area (TPSA) is 75.0 Å². The molecule has 5 heteroatoms. The van der Waals surface area contributed by atoms with Gasteiger partial charge in [0.05, 0.1) is 6.07 Å². The molecule has 0 unspecified atom stereocenters. The van der Waals surface area contributed by atoms with Crippen molar-refractivity contribution in [1.82, 2.24) is 10.3 Å². The van der Waals surface area contributed by atoms with Crippen molar-refractivity contribution in [2.75, 3.05) is 0 Å². The molecule has 0 aliphatic rings. The molecule has 2 aromatic rings. The van der Waals surface area contributed by atoms with Crippen LogP contribution in [0.1, 0.15) is 36.2 Å². The third kappa shape index (κ3) is 5.40. The predicted molar refractivity (Wildman–Crippen MR) is 91.3 cm³/mol. The van der Waals surface area contributed by atoms with Crippen LogP contribution in [-0.2, 0) is 6.61 Å². The Morgan fingerprint density at radius 2 is 2.17 bits per heavy atom. The molecule has 1 atom stereocenters. The van der Waals surface area contributed by atoms with E-state index >= 15 is 0 Å². The normalized spacial score (nSPS) is 11.6. The van der Waals surface area contributed by atoms with Gasteiger partial charge in [0.25, 0.3) is 5.91 Å². The molecule has 1 N–H and O–H groups in total. The molecule has 0 bridgehead atoms. The minimum absolute atomic E-state index is 0.269. The molecule has 1 heterocycles. The summed E-state index contributed by atoms with van der Waals surface area (Å²) in [6.07, 6.45) is 4.07. The number of hydrogen-bond acceptors (Lipinski definition) is 4. The second-order valence-corrected chi connectivity index (χ2v) is 5.96. The van der Waals surface area contributed by atoms with E-state index in [1.165, 1.54) is 0 Å². The Kier molecular flexibility index (Phi) is 6.32. The van der Waals surface area contributed by atoms with Crippen molar-refractivity contribution in [2.45, 2.75) is 32.9 Å². The lowest BCUT2D eigenvalue weighted by molar-refractivity contribution is 0.0941. The van der Waals surface area contributed by atoms with Crippen molar-refractivity contribution in [1.29, 1.82) is 5.26 Å². The third-order valence-electron chi connectivity index (χ3n) is 3.39. The van der Waals surface area contributed by atoms with Crippen molar-refractivity contribution in [2.24, 2.45) is 5.92 Å². The van der Waals surface area contributed by atoms with Crippen LogP contribution < -0.4 is 10.1 Å². The van der Waals surface area contributed by atoms with Gasteiger partial charge in [-0.3, -0.25) is 9.78 Å². The number of nitrogens with one attached hydrogen (secondary N) is 1. The van der Waals surface area contributed by atoms with E-state index in [0.29, 0.717) is 30.3 Å². The van der Waals surface area contributed by atoms with Crippen LogP contribution in [-0.4, -0.2) is 16.9 Å². The van der Waals surface area contributed by atoms with Gasteiger partial charge in [0, 0.05) is 23.5 Å². The molecule has 0 aliphatic heterocycles. The summed E-state index contributed by atoms with van der Waals surface area (Å²) in [5.41, 5.74) is 1.43. The highest BCUT2D eigenvalue weighted by Gasteiger charge is 2.15. The second-order valence-electron chi connectivity index (χ2n) is 5.96. The number of carbonyl (C=O) groups excluding carboxylic acids is 1. The summed E-state index contributed by atoms with van der Waals surface area (Å²) >= 11 is 0. The number of amides is 1. The van der Waals surface area contributed by atoms with Crippen LogP contribution in [0.3, 0.4) is 0 Å². The van der Waals surface area contributed by atoms with E-state index in [-0.39, 0.29) is 5.91 Å². The number of ether oxygens (including phenoxy) is 1. The first-order valence-corrected chi connectivity index (χ1v) is 7.90. The molecule has 0 fully saturated rings. The van der Waals surface area contributed by atoms with Gasteiger partial charge in [-0.25, -0.2) is 0 Å². The first kappa shape index (κ1) is 17.5. The number of hydrogen-bond donors (Lipinski definition) is 1. The first-order chi connectivity index (χ1) is 11.6. The number of nitriles is 1. The summed E-state index contributed by atoms with van der Waals surface area (Å²) in [6.45, 7) is 4.42. The zero-order valence-electron chi connectivity index (χ0n) is 13.9. The van der Waals surface area contributed by atoms with Gasteiger partial charge >= 0.3 is 0 Å². The molecule has 124 valence electrons. The van der Waals surface area contributed by atoms with Gasteiger partial charge in [-0.05, 0) is 36.6 Å². The van der Waals surface area contributed by atoms with Crippen LogP contribution >= 0.6 is 0 Å². The van der Waals surface area contributed by atoms with Crippen molar-refractivity contribution < 1.29 is 9.53 Å². The number of rotatable bonds is 7. The minimum atomic E-state index is -0.488. The Labute approximate surface area is 142 Å². The lowest BCUT2D eigenvalue weighted by Crippen LogP contribution is -2.34. The minimum Gasteiger partial charge on any atom is -0.489 e. The predicted octanol–water partition coefficient (Wildman–Crippen LogP) is 3.33. The molecule has 24 heavy (non-hydrogen) atoms. The maximum Gasteiger partial charge on any atom is 0.252 e. The lowest BCUT2D eigenvalue weighted by atomic mass is 10.0.